The van der Waals surface area contributed by atoms with Gasteiger partial charge in [0.1, 0.15) is 17.1 Å². The van der Waals surface area contributed by atoms with Gasteiger partial charge < -0.3 is 16.0 Å². The van der Waals surface area contributed by atoms with E-state index in [1.807, 2.05) is 24.6 Å². The van der Waals surface area contributed by atoms with Crippen molar-refractivity contribution in [2.75, 3.05) is 17.2 Å². The van der Waals surface area contributed by atoms with Crippen LogP contribution in [0.15, 0.2) is 12.4 Å². The quantitative estimate of drug-likeness (QED) is 0.443. The second-order valence-electron chi connectivity index (χ2n) is 10.0. The van der Waals surface area contributed by atoms with E-state index >= 15 is 0 Å². The standard InChI is InChI=1S/C24H30N8O2S/c1-13-9-19(31(2)30-13)32-12-26-29-24(32)27-16-7-8-18-17(10-16)20(22(34)25-11-14-3-4-14)23(35-18)28-21(33)15-5-6-15/h9,12,14-16H,3-8,10-11H2,1-2H3,(H,25,34)(H,27,29)(H,28,33)/t16-/m1/s1. The summed E-state index contributed by atoms with van der Waals surface area (Å²) in [4.78, 5) is 27.0. The molecular weight excluding hydrogens is 464 g/mol. The first-order valence-electron chi connectivity index (χ1n) is 12.4. The maximum absolute atomic E-state index is 13.3. The molecule has 3 aliphatic carbocycles. The van der Waals surface area contributed by atoms with Gasteiger partial charge in [0.15, 0.2) is 0 Å². The molecule has 0 saturated heterocycles. The van der Waals surface area contributed by atoms with Crippen LogP contribution in [0.25, 0.3) is 5.82 Å². The Labute approximate surface area is 207 Å². The van der Waals surface area contributed by atoms with E-state index in [0.717, 1.165) is 42.8 Å². The molecule has 3 aromatic heterocycles. The third kappa shape index (κ3) is 4.56. The maximum atomic E-state index is 13.3. The summed E-state index contributed by atoms with van der Waals surface area (Å²) >= 11 is 1.56. The molecule has 3 aliphatic rings. The highest BCUT2D eigenvalue weighted by Gasteiger charge is 2.34. The number of hydrogen-bond donors (Lipinski definition) is 3. The van der Waals surface area contributed by atoms with E-state index in [9.17, 15) is 9.59 Å². The van der Waals surface area contributed by atoms with Crippen LogP contribution >= 0.6 is 11.3 Å². The van der Waals surface area contributed by atoms with Crippen LogP contribution < -0.4 is 16.0 Å². The van der Waals surface area contributed by atoms with Crippen LogP contribution in [-0.2, 0) is 24.7 Å². The van der Waals surface area contributed by atoms with Gasteiger partial charge in [-0.3, -0.25) is 18.8 Å². The van der Waals surface area contributed by atoms with Crippen molar-refractivity contribution in [1.29, 1.82) is 0 Å². The van der Waals surface area contributed by atoms with Gasteiger partial charge in [-0.05, 0) is 63.4 Å². The number of hydrogen-bond acceptors (Lipinski definition) is 7. The first-order valence-corrected chi connectivity index (χ1v) is 13.2. The highest BCUT2D eigenvalue weighted by molar-refractivity contribution is 7.17. The number of rotatable bonds is 8. The second-order valence-corrected chi connectivity index (χ2v) is 11.1. The summed E-state index contributed by atoms with van der Waals surface area (Å²) in [6, 6.07) is 2.08. The Balaban J connectivity index is 1.25. The lowest BCUT2D eigenvalue weighted by molar-refractivity contribution is -0.117. The molecule has 35 heavy (non-hydrogen) atoms. The molecular formula is C24H30N8O2S. The molecule has 6 rings (SSSR count). The van der Waals surface area contributed by atoms with Gasteiger partial charge in [0.05, 0.1) is 11.3 Å². The summed E-state index contributed by atoms with van der Waals surface area (Å²) in [7, 11) is 1.90. The van der Waals surface area contributed by atoms with Crippen molar-refractivity contribution in [2.45, 2.75) is 57.9 Å². The summed E-state index contributed by atoms with van der Waals surface area (Å²) in [5.41, 5.74) is 2.61. The number of fused-ring (bicyclic) bond motifs is 1. The van der Waals surface area contributed by atoms with Crippen molar-refractivity contribution in [2.24, 2.45) is 18.9 Å². The number of amides is 2. The lowest BCUT2D eigenvalue weighted by atomic mass is 9.91. The van der Waals surface area contributed by atoms with Gasteiger partial charge >= 0.3 is 0 Å². The van der Waals surface area contributed by atoms with Crippen LogP contribution in [0.4, 0.5) is 10.9 Å². The van der Waals surface area contributed by atoms with Gasteiger partial charge in [0, 0.05) is 36.5 Å². The Kier molecular flexibility index (Phi) is 5.58. The van der Waals surface area contributed by atoms with E-state index in [0.29, 0.717) is 35.4 Å². The molecule has 0 bridgehead atoms. The minimum atomic E-state index is -0.0744. The van der Waals surface area contributed by atoms with Crippen LogP contribution in [0.1, 0.15) is 58.6 Å². The first kappa shape index (κ1) is 22.3. The Morgan fingerprint density at radius 2 is 2.03 bits per heavy atom. The number of thiophene rings is 1. The van der Waals surface area contributed by atoms with Gasteiger partial charge in [-0.1, -0.05) is 0 Å². The number of nitrogens with one attached hydrogen (secondary N) is 3. The van der Waals surface area contributed by atoms with Crippen LogP contribution in [0, 0.1) is 18.8 Å². The second kappa shape index (κ2) is 8.78. The molecule has 3 N–H and O–H groups in total. The lowest BCUT2D eigenvalue weighted by Crippen LogP contribution is -2.31. The SMILES string of the molecule is Cc1cc(-n2cnnc2N[C@@H]2CCc3sc(NC(=O)C4CC4)c(C(=O)NCC4CC4)c3C2)n(C)n1. The van der Waals surface area contributed by atoms with E-state index in [2.05, 4.69) is 31.2 Å². The van der Waals surface area contributed by atoms with Crippen LogP contribution in [0.5, 0.6) is 0 Å². The third-order valence-electron chi connectivity index (χ3n) is 7.03. The maximum Gasteiger partial charge on any atom is 0.254 e. The molecule has 2 amide bonds. The minimum Gasteiger partial charge on any atom is -0.352 e. The van der Waals surface area contributed by atoms with Crippen LogP contribution in [0.3, 0.4) is 0 Å². The molecule has 2 saturated carbocycles. The van der Waals surface area contributed by atoms with E-state index in [4.69, 9.17) is 0 Å². The van der Waals surface area contributed by atoms with Crippen LogP contribution in [0.2, 0.25) is 0 Å². The average Bonchev–Trinajstić information content (AvgIpc) is 3.74. The number of anilines is 2. The predicted molar refractivity (Wildman–Crippen MR) is 133 cm³/mol. The molecule has 0 aliphatic heterocycles. The summed E-state index contributed by atoms with van der Waals surface area (Å²) in [5.74, 6) is 2.18. The Bertz CT molecular complexity index is 1280. The van der Waals surface area contributed by atoms with Crippen molar-refractivity contribution in [3.05, 3.63) is 34.1 Å². The monoisotopic (exact) mass is 494 g/mol. The van der Waals surface area contributed by atoms with Crippen molar-refractivity contribution in [3.63, 3.8) is 0 Å². The average molecular weight is 495 g/mol. The normalized spacial score (nSPS) is 19.3. The van der Waals surface area contributed by atoms with Crippen molar-refractivity contribution in [1.82, 2.24) is 29.9 Å². The van der Waals surface area contributed by atoms with E-state index in [-0.39, 0.29) is 23.8 Å². The van der Waals surface area contributed by atoms with Gasteiger partial charge in [-0.25, -0.2) is 0 Å². The molecule has 3 heterocycles. The Morgan fingerprint density at radius 3 is 2.74 bits per heavy atom. The van der Waals surface area contributed by atoms with Gasteiger partial charge in [-0.2, -0.15) is 5.10 Å². The van der Waals surface area contributed by atoms with Gasteiger partial charge in [0.2, 0.25) is 11.9 Å². The fourth-order valence-electron chi connectivity index (χ4n) is 4.75. The molecule has 0 aromatic carbocycles. The zero-order chi connectivity index (χ0) is 24.1. The van der Waals surface area contributed by atoms with Crippen LogP contribution in [-0.4, -0.2) is 48.9 Å². The lowest BCUT2D eigenvalue weighted by Gasteiger charge is -2.24. The molecule has 10 nitrogen and oxygen atoms in total. The summed E-state index contributed by atoms with van der Waals surface area (Å²) < 4.78 is 3.70. The largest absolute Gasteiger partial charge is 0.352 e. The van der Waals surface area contributed by atoms with Gasteiger partial charge in [0.25, 0.3) is 5.91 Å². The number of carbonyl (C=O) groups excluding carboxylic acids is 2. The predicted octanol–water partition coefficient (Wildman–Crippen LogP) is 2.83. The molecule has 1 atom stereocenters. The molecule has 0 spiro atoms. The van der Waals surface area contributed by atoms with E-state index in [1.54, 1.807) is 22.3 Å². The number of aryl methyl sites for hydroxylation is 3. The number of nitrogens with zero attached hydrogens (tertiary/aromatic N) is 5. The van der Waals surface area contributed by atoms with E-state index in [1.165, 1.54) is 17.7 Å². The zero-order valence-corrected chi connectivity index (χ0v) is 20.8. The molecule has 0 unspecified atom stereocenters. The molecule has 2 fully saturated rings. The molecule has 3 aromatic rings. The molecule has 0 radical (unpaired) electrons. The third-order valence-corrected chi connectivity index (χ3v) is 8.23. The minimum absolute atomic E-state index is 0.0362. The smallest absolute Gasteiger partial charge is 0.254 e. The number of carbonyl (C=O) groups is 2. The topological polar surface area (TPSA) is 119 Å². The van der Waals surface area contributed by atoms with Gasteiger partial charge in [-0.15, -0.1) is 21.5 Å². The fourth-order valence-corrected chi connectivity index (χ4v) is 5.99. The molecule has 184 valence electrons. The zero-order valence-electron chi connectivity index (χ0n) is 20.0. The Hall–Kier alpha value is -3.21. The highest BCUT2D eigenvalue weighted by atomic mass is 32.1. The molecule has 11 heteroatoms. The summed E-state index contributed by atoms with van der Waals surface area (Å²) in [6.45, 7) is 2.66. The number of aromatic nitrogens is 5. The van der Waals surface area contributed by atoms with Crippen molar-refractivity contribution >= 4 is 34.1 Å². The summed E-state index contributed by atoms with van der Waals surface area (Å²) in [5, 5.41) is 23.3. The highest BCUT2D eigenvalue weighted by Crippen LogP contribution is 2.40. The fraction of sp³-hybridized carbons (Fsp3) is 0.542. The first-order chi connectivity index (χ1) is 17.0. The van der Waals surface area contributed by atoms with E-state index < -0.39 is 0 Å². The Morgan fingerprint density at radius 1 is 1.20 bits per heavy atom. The van der Waals surface area contributed by atoms with Crippen molar-refractivity contribution < 1.29 is 9.59 Å². The van der Waals surface area contributed by atoms with Crippen molar-refractivity contribution in [3.8, 4) is 5.82 Å². The summed E-state index contributed by atoms with van der Waals surface area (Å²) in [6.07, 6.45) is 8.34.